The molecule has 0 bridgehead atoms. The maximum Gasteiger partial charge on any atom is 0.348 e. The average Bonchev–Trinajstić information content (AvgIpc) is 2.96. The molecule has 27 heavy (non-hydrogen) atoms. The monoisotopic (exact) mass is 368 g/mol. The number of nitrogens with zero attached hydrogens (tertiary/aromatic N) is 2. The molecule has 142 valence electrons. The van der Waals surface area contributed by atoms with Crippen LogP contribution in [0.25, 0.3) is 11.8 Å². The fraction of sp³-hybridized carbons (Fsp3) is 0.333. The third-order valence-electron chi connectivity index (χ3n) is 4.11. The number of nitriles is 1. The standard InChI is InChI=1S/C21H24N2O4/c1-5-26-10-11-27-21(24)18(14-22)13-17-12-15(2)23(16(17)3)19-6-8-20(25-4)9-7-19/h6-9,12-13H,5,10-11H2,1-4H3/b18-13+. The highest BCUT2D eigenvalue weighted by Gasteiger charge is 2.14. The highest BCUT2D eigenvalue weighted by Crippen LogP contribution is 2.24. The maximum absolute atomic E-state index is 12.1. The Morgan fingerprint density at radius 2 is 1.93 bits per heavy atom. The van der Waals surface area contributed by atoms with Gasteiger partial charge in [0.15, 0.2) is 0 Å². The van der Waals surface area contributed by atoms with E-state index >= 15 is 0 Å². The molecule has 0 fully saturated rings. The average molecular weight is 368 g/mol. The van der Waals surface area contributed by atoms with Gasteiger partial charge in [0.1, 0.15) is 24.0 Å². The molecule has 6 nitrogen and oxygen atoms in total. The molecule has 0 N–H and O–H groups in total. The zero-order valence-corrected chi connectivity index (χ0v) is 16.1. The number of hydrogen-bond donors (Lipinski definition) is 0. The van der Waals surface area contributed by atoms with Crippen LogP contribution in [0, 0.1) is 25.2 Å². The van der Waals surface area contributed by atoms with Crippen molar-refractivity contribution in [3.8, 4) is 17.5 Å². The van der Waals surface area contributed by atoms with Crippen molar-refractivity contribution in [2.75, 3.05) is 26.9 Å². The first kappa shape index (κ1) is 20.3. The van der Waals surface area contributed by atoms with Gasteiger partial charge in [0.2, 0.25) is 0 Å². The van der Waals surface area contributed by atoms with Crippen LogP contribution in [-0.2, 0) is 14.3 Å². The molecule has 2 rings (SSSR count). The minimum Gasteiger partial charge on any atom is -0.497 e. The fourth-order valence-corrected chi connectivity index (χ4v) is 2.77. The molecule has 0 unspecified atom stereocenters. The Kier molecular flexibility index (Phi) is 7.21. The smallest absolute Gasteiger partial charge is 0.348 e. The number of rotatable bonds is 8. The van der Waals surface area contributed by atoms with Crippen LogP contribution in [0.2, 0.25) is 0 Å². The van der Waals surface area contributed by atoms with E-state index in [0.29, 0.717) is 13.2 Å². The summed E-state index contributed by atoms with van der Waals surface area (Å²) >= 11 is 0. The van der Waals surface area contributed by atoms with Gasteiger partial charge in [0, 0.05) is 23.7 Å². The van der Waals surface area contributed by atoms with Gasteiger partial charge in [-0.25, -0.2) is 4.79 Å². The van der Waals surface area contributed by atoms with Gasteiger partial charge in [-0.1, -0.05) is 0 Å². The summed E-state index contributed by atoms with van der Waals surface area (Å²) in [5.41, 5.74) is 3.64. The Balaban J connectivity index is 2.26. The van der Waals surface area contributed by atoms with Crippen molar-refractivity contribution in [2.24, 2.45) is 0 Å². The lowest BCUT2D eigenvalue weighted by Crippen LogP contribution is -2.12. The maximum atomic E-state index is 12.1. The second kappa shape index (κ2) is 9.60. The van der Waals surface area contributed by atoms with Crippen LogP contribution in [0.1, 0.15) is 23.9 Å². The van der Waals surface area contributed by atoms with E-state index in [1.54, 1.807) is 13.2 Å². The van der Waals surface area contributed by atoms with E-state index < -0.39 is 5.97 Å². The first-order valence-corrected chi connectivity index (χ1v) is 8.71. The van der Waals surface area contributed by atoms with E-state index in [2.05, 4.69) is 4.57 Å². The van der Waals surface area contributed by atoms with Crippen LogP contribution in [0.3, 0.4) is 0 Å². The molecule has 0 spiro atoms. The Labute approximate surface area is 159 Å². The summed E-state index contributed by atoms with van der Waals surface area (Å²) in [5.74, 6) is 0.134. The Hall–Kier alpha value is -3.04. The number of carbonyl (C=O) groups excluding carboxylic acids is 1. The second-order valence-electron chi connectivity index (χ2n) is 5.86. The van der Waals surface area contributed by atoms with E-state index in [1.807, 2.05) is 57.2 Å². The highest BCUT2D eigenvalue weighted by atomic mass is 16.6. The van der Waals surface area contributed by atoms with Crippen LogP contribution in [0.5, 0.6) is 5.75 Å². The van der Waals surface area contributed by atoms with Gasteiger partial charge in [-0.05, 0) is 62.7 Å². The van der Waals surface area contributed by atoms with E-state index in [9.17, 15) is 10.1 Å². The van der Waals surface area contributed by atoms with Crippen LogP contribution in [0.15, 0.2) is 35.9 Å². The van der Waals surface area contributed by atoms with Crippen molar-refractivity contribution >= 4 is 12.0 Å². The summed E-state index contributed by atoms with van der Waals surface area (Å²) in [6.45, 7) is 6.76. The van der Waals surface area contributed by atoms with Crippen LogP contribution in [-0.4, -0.2) is 37.5 Å². The van der Waals surface area contributed by atoms with E-state index in [1.165, 1.54) is 0 Å². The van der Waals surface area contributed by atoms with Crippen molar-refractivity contribution in [1.82, 2.24) is 4.57 Å². The predicted octanol–water partition coefficient (Wildman–Crippen LogP) is 3.59. The molecular formula is C21H24N2O4. The lowest BCUT2D eigenvalue weighted by atomic mass is 10.1. The van der Waals surface area contributed by atoms with Crippen molar-refractivity contribution in [2.45, 2.75) is 20.8 Å². The van der Waals surface area contributed by atoms with Crippen LogP contribution in [0.4, 0.5) is 0 Å². The molecule has 2 aromatic rings. The van der Waals surface area contributed by atoms with Gasteiger partial charge < -0.3 is 18.8 Å². The summed E-state index contributed by atoms with van der Waals surface area (Å²) in [5, 5.41) is 9.33. The molecule has 0 amide bonds. The summed E-state index contributed by atoms with van der Waals surface area (Å²) in [4.78, 5) is 12.1. The summed E-state index contributed by atoms with van der Waals surface area (Å²) in [7, 11) is 1.63. The number of methoxy groups -OCH3 is 1. The van der Waals surface area contributed by atoms with E-state index in [-0.39, 0.29) is 12.2 Å². The van der Waals surface area contributed by atoms with Crippen molar-refractivity contribution in [1.29, 1.82) is 5.26 Å². The molecule has 1 aromatic heterocycles. The minimum atomic E-state index is -0.647. The van der Waals surface area contributed by atoms with Crippen molar-refractivity contribution < 1.29 is 19.0 Å². The Bertz CT molecular complexity index is 858. The molecular weight excluding hydrogens is 344 g/mol. The third kappa shape index (κ3) is 4.99. The molecule has 0 atom stereocenters. The zero-order valence-electron chi connectivity index (χ0n) is 16.1. The fourth-order valence-electron chi connectivity index (χ4n) is 2.77. The summed E-state index contributed by atoms with van der Waals surface area (Å²) < 4.78 is 17.5. The zero-order chi connectivity index (χ0) is 19.8. The first-order valence-electron chi connectivity index (χ1n) is 8.71. The number of esters is 1. The van der Waals surface area contributed by atoms with Gasteiger partial charge in [-0.2, -0.15) is 5.26 Å². The van der Waals surface area contributed by atoms with Gasteiger partial charge in [0.25, 0.3) is 0 Å². The first-order chi connectivity index (χ1) is 13.0. The van der Waals surface area contributed by atoms with Gasteiger partial charge in [-0.15, -0.1) is 0 Å². The molecule has 0 aliphatic heterocycles. The predicted molar refractivity (Wildman–Crippen MR) is 103 cm³/mol. The van der Waals surface area contributed by atoms with E-state index in [4.69, 9.17) is 14.2 Å². The quantitative estimate of drug-likeness (QED) is 0.308. The normalized spacial score (nSPS) is 11.1. The molecule has 1 heterocycles. The number of hydrogen-bond acceptors (Lipinski definition) is 5. The molecule has 0 aliphatic carbocycles. The van der Waals surface area contributed by atoms with Gasteiger partial charge in [-0.3, -0.25) is 0 Å². The van der Waals surface area contributed by atoms with E-state index in [0.717, 1.165) is 28.4 Å². The topological polar surface area (TPSA) is 73.5 Å². The Morgan fingerprint density at radius 1 is 1.22 bits per heavy atom. The highest BCUT2D eigenvalue weighted by molar-refractivity contribution is 5.98. The molecule has 0 saturated carbocycles. The second-order valence-corrected chi connectivity index (χ2v) is 5.86. The number of carbonyl (C=O) groups is 1. The SMILES string of the molecule is CCOCCOC(=O)/C(C#N)=C/c1cc(C)n(-c2ccc(OC)cc2)c1C. The lowest BCUT2D eigenvalue weighted by molar-refractivity contribution is -0.139. The lowest BCUT2D eigenvalue weighted by Gasteiger charge is -2.10. The summed E-state index contributed by atoms with van der Waals surface area (Å²) in [6.07, 6.45) is 1.56. The number of benzene rings is 1. The Morgan fingerprint density at radius 3 is 2.52 bits per heavy atom. The van der Waals surface area contributed by atoms with Crippen LogP contribution < -0.4 is 4.74 Å². The summed E-state index contributed by atoms with van der Waals surface area (Å²) in [6, 6.07) is 11.6. The van der Waals surface area contributed by atoms with Gasteiger partial charge in [0.05, 0.1) is 13.7 Å². The molecule has 1 aromatic carbocycles. The largest absolute Gasteiger partial charge is 0.497 e. The van der Waals surface area contributed by atoms with Gasteiger partial charge >= 0.3 is 5.97 Å². The molecule has 6 heteroatoms. The minimum absolute atomic E-state index is 0.0403. The third-order valence-corrected chi connectivity index (χ3v) is 4.11. The van der Waals surface area contributed by atoms with Crippen LogP contribution >= 0.6 is 0 Å². The number of ether oxygens (including phenoxy) is 3. The number of aromatic nitrogens is 1. The van der Waals surface area contributed by atoms with Crippen molar-refractivity contribution in [3.05, 3.63) is 52.9 Å². The van der Waals surface area contributed by atoms with Crippen molar-refractivity contribution in [3.63, 3.8) is 0 Å². The molecule has 0 radical (unpaired) electrons. The number of aryl methyl sites for hydroxylation is 1. The molecule has 0 aliphatic rings. The molecule has 0 saturated heterocycles.